The van der Waals surface area contributed by atoms with Crippen molar-refractivity contribution >= 4 is 28.5 Å². The highest BCUT2D eigenvalue weighted by molar-refractivity contribution is 14.1. The molecule has 0 saturated carbocycles. The highest BCUT2D eigenvalue weighted by atomic mass is 127. The molecule has 1 aliphatic rings. The van der Waals surface area contributed by atoms with Crippen LogP contribution in [0.2, 0.25) is 0 Å². The SMILES string of the molecule is Cc1ccc(I)c(C(=O)N(C)C2CCNC2)c1. The van der Waals surface area contributed by atoms with Crippen molar-refractivity contribution in [2.75, 3.05) is 20.1 Å². The molecule has 0 bridgehead atoms. The maximum Gasteiger partial charge on any atom is 0.254 e. The summed E-state index contributed by atoms with van der Waals surface area (Å²) in [5.74, 6) is 0.131. The van der Waals surface area contributed by atoms with Crippen molar-refractivity contribution in [1.82, 2.24) is 10.2 Å². The smallest absolute Gasteiger partial charge is 0.254 e. The second-order valence-corrected chi connectivity index (χ2v) is 5.71. The molecule has 1 aliphatic heterocycles. The molecule has 0 radical (unpaired) electrons. The molecule has 1 fully saturated rings. The molecule has 92 valence electrons. The second kappa shape index (κ2) is 5.35. The normalized spacial score (nSPS) is 19.4. The lowest BCUT2D eigenvalue weighted by molar-refractivity contribution is 0.0742. The molecule has 4 heteroatoms. The average molecular weight is 344 g/mol. The molecule has 0 aromatic heterocycles. The molecule has 2 rings (SSSR count). The first kappa shape index (κ1) is 12.8. The van der Waals surface area contributed by atoms with Crippen LogP contribution in [-0.2, 0) is 0 Å². The monoisotopic (exact) mass is 344 g/mol. The van der Waals surface area contributed by atoms with Gasteiger partial charge in [0.2, 0.25) is 0 Å². The fourth-order valence-corrected chi connectivity index (χ4v) is 2.70. The number of hydrogen-bond donors (Lipinski definition) is 1. The van der Waals surface area contributed by atoms with Gasteiger partial charge in [-0.05, 0) is 54.6 Å². The van der Waals surface area contributed by atoms with Gasteiger partial charge in [-0.1, -0.05) is 11.6 Å². The van der Waals surface area contributed by atoms with E-state index in [-0.39, 0.29) is 5.91 Å². The van der Waals surface area contributed by atoms with Gasteiger partial charge in [0.1, 0.15) is 0 Å². The predicted molar refractivity (Wildman–Crippen MR) is 77.3 cm³/mol. The first-order chi connectivity index (χ1) is 8.09. The van der Waals surface area contributed by atoms with Crippen molar-refractivity contribution in [3.63, 3.8) is 0 Å². The fourth-order valence-electron chi connectivity index (χ4n) is 2.13. The summed E-state index contributed by atoms with van der Waals surface area (Å²) in [4.78, 5) is 14.3. The number of carbonyl (C=O) groups is 1. The Hall–Kier alpha value is -0.620. The van der Waals surface area contributed by atoms with Gasteiger partial charge in [-0.2, -0.15) is 0 Å². The van der Waals surface area contributed by atoms with Crippen molar-refractivity contribution in [2.24, 2.45) is 0 Å². The van der Waals surface area contributed by atoms with Gasteiger partial charge in [-0.3, -0.25) is 4.79 Å². The van der Waals surface area contributed by atoms with Crippen molar-refractivity contribution in [3.05, 3.63) is 32.9 Å². The van der Waals surface area contributed by atoms with E-state index in [2.05, 4.69) is 27.9 Å². The van der Waals surface area contributed by atoms with E-state index in [0.717, 1.165) is 34.2 Å². The van der Waals surface area contributed by atoms with Crippen LogP contribution < -0.4 is 5.32 Å². The number of likely N-dealkylation sites (N-methyl/N-ethyl adjacent to an activating group) is 1. The van der Waals surface area contributed by atoms with Crippen molar-refractivity contribution in [2.45, 2.75) is 19.4 Å². The summed E-state index contributed by atoms with van der Waals surface area (Å²) in [6.45, 7) is 3.93. The number of halogens is 1. The minimum atomic E-state index is 0.131. The van der Waals surface area contributed by atoms with E-state index in [0.29, 0.717) is 6.04 Å². The maximum absolute atomic E-state index is 12.4. The molecule has 17 heavy (non-hydrogen) atoms. The zero-order valence-corrected chi connectivity index (χ0v) is 12.3. The third-order valence-electron chi connectivity index (χ3n) is 3.25. The van der Waals surface area contributed by atoms with E-state index in [1.807, 2.05) is 37.1 Å². The van der Waals surface area contributed by atoms with Crippen LogP contribution in [0.25, 0.3) is 0 Å². The largest absolute Gasteiger partial charge is 0.337 e. The van der Waals surface area contributed by atoms with E-state index in [9.17, 15) is 4.79 Å². The number of nitrogens with zero attached hydrogens (tertiary/aromatic N) is 1. The molecular formula is C13H17IN2O. The van der Waals surface area contributed by atoms with Gasteiger partial charge in [-0.15, -0.1) is 0 Å². The third kappa shape index (κ3) is 2.80. The van der Waals surface area contributed by atoms with Crippen LogP contribution >= 0.6 is 22.6 Å². The zero-order valence-electron chi connectivity index (χ0n) is 10.2. The van der Waals surface area contributed by atoms with Crippen LogP contribution in [0.1, 0.15) is 22.3 Å². The Balaban J connectivity index is 2.20. The summed E-state index contributed by atoms with van der Waals surface area (Å²) in [6.07, 6.45) is 1.05. The molecule has 1 unspecified atom stereocenters. The van der Waals surface area contributed by atoms with Gasteiger partial charge in [0, 0.05) is 23.2 Å². The minimum Gasteiger partial charge on any atom is -0.337 e. The molecule has 1 atom stereocenters. The van der Waals surface area contributed by atoms with Gasteiger partial charge in [0.15, 0.2) is 0 Å². The van der Waals surface area contributed by atoms with E-state index < -0.39 is 0 Å². The number of rotatable bonds is 2. The first-order valence-corrected chi connectivity index (χ1v) is 6.91. The molecule has 0 spiro atoms. The number of carbonyl (C=O) groups excluding carboxylic acids is 1. The number of benzene rings is 1. The number of amides is 1. The summed E-state index contributed by atoms with van der Waals surface area (Å²) >= 11 is 2.23. The van der Waals surface area contributed by atoms with Crippen molar-refractivity contribution in [1.29, 1.82) is 0 Å². The van der Waals surface area contributed by atoms with Crippen LogP contribution in [0.15, 0.2) is 18.2 Å². The van der Waals surface area contributed by atoms with Gasteiger partial charge in [0.25, 0.3) is 5.91 Å². The van der Waals surface area contributed by atoms with Crippen LogP contribution in [0.5, 0.6) is 0 Å². The fraction of sp³-hybridized carbons (Fsp3) is 0.462. The first-order valence-electron chi connectivity index (χ1n) is 5.83. The quantitative estimate of drug-likeness (QED) is 0.833. The second-order valence-electron chi connectivity index (χ2n) is 4.55. The van der Waals surface area contributed by atoms with E-state index in [4.69, 9.17) is 0 Å². The Kier molecular flexibility index (Phi) is 4.04. The Labute approximate surface area is 116 Å². The van der Waals surface area contributed by atoms with Crippen LogP contribution in [0.4, 0.5) is 0 Å². The Morgan fingerprint density at radius 1 is 1.53 bits per heavy atom. The van der Waals surface area contributed by atoms with Gasteiger partial charge in [0.05, 0.1) is 5.56 Å². The van der Waals surface area contributed by atoms with Crippen molar-refractivity contribution < 1.29 is 4.79 Å². The molecule has 0 aliphatic carbocycles. The molecule has 1 heterocycles. The minimum absolute atomic E-state index is 0.131. The molecule has 3 nitrogen and oxygen atoms in total. The van der Waals surface area contributed by atoms with Gasteiger partial charge >= 0.3 is 0 Å². The summed E-state index contributed by atoms with van der Waals surface area (Å²) in [7, 11) is 1.90. The van der Waals surface area contributed by atoms with Crippen LogP contribution in [0.3, 0.4) is 0 Å². The number of aryl methyl sites for hydroxylation is 1. The number of hydrogen-bond acceptors (Lipinski definition) is 2. The number of nitrogens with one attached hydrogen (secondary N) is 1. The standard InChI is InChI=1S/C13H17IN2O/c1-9-3-4-12(14)11(7-9)13(17)16(2)10-5-6-15-8-10/h3-4,7,10,15H,5-6,8H2,1-2H3. The van der Waals surface area contributed by atoms with Gasteiger partial charge < -0.3 is 10.2 Å². The molecular weight excluding hydrogens is 327 g/mol. The van der Waals surface area contributed by atoms with Crippen molar-refractivity contribution in [3.8, 4) is 0 Å². The Bertz CT molecular complexity index is 427. The Morgan fingerprint density at radius 3 is 2.94 bits per heavy atom. The summed E-state index contributed by atoms with van der Waals surface area (Å²) in [5, 5.41) is 3.29. The predicted octanol–water partition coefficient (Wildman–Crippen LogP) is 2.03. The topological polar surface area (TPSA) is 32.3 Å². The molecule has 1 amide bonds. The lowest BCUT2D eigenvalue weighted by Crippen LogP contribution is -2.38. The summed E-state index contributed by atoms with van der Waals surface area (Å²) < 4.78 is 1.02. The average Bonchev–Trinajstić information content (AvgIpc) is 2.84. The lowest BCUT2D eigenvalue weighted by atomic mass is 10.1. The lowest BCUT2D eigenvalue weighted by Gasteiger charge is -2.24. The summed E-state index contributed by atoms with van der Waals surface area (Å²) in [5.41, 5.74) is 1.95. The highest BCUT2D eigenvalue weighted by Crippen LogP contribution is 2.18. The maximum atomic E-state index is 12.4. The molecule has 1 aromatic rings. The van der Waals surface area contributed by atoms with E-state index in [1.165, 1.54) is 0 Å². The third-order valence-corrected chi connectivity index (χ3v) is 4.20. The molecule has 1 saturated heterocycles. The molecule has 1 aromatic carbocycles. The van der Waals surface area contributed by atoms with Crippen LogP contribution in [-0.4, -0.2) is 37.0 Å². The Morgan fingerprint density at radius 2 is 2.29 bits per heavy atom. The van der Waals surface area contributed by atoms with E-state index in [1.54, 1.807) is 0 Å². The molecule has 1 N–H and O–H groups in total. The summed E-state index contributed by atoms with van der Waals surface area (Å²) in [6, 6.07) is 6.35. The highest BCUT2D eigenvalue weighted by Gasteiger charge is 2.25. The zero-order chi connectivity index (χ0) is 12.4. The van der Waals surface area contributed by atoms with Crippen LogP contribution in [0, 0.1) is 10.5 Å². The van der Waals surface area contributed by atoms with Gasteiger partial charge in [-0.25, -0.2) is 0 Å². The van der Waals surface area contributed by atoms with E-state index >= 15 is 0 Å².